The summed E-state index contributed by atoms with van der Waals surface area (Å²) < 4.78 is 0. The minimum Gasteiger partial charge on any atom is -0.395 e. The lowest BCUT2D eigenvalue weighted by Crippen LogP contribution is -2.10. The second kappa shape index (κ2) is 8.67. The van der Waals surface area contributed by atoms with Crippen molar-refractivity contribution in [3.63, 3.8) is 0 Å². The van der Waals surface area contributed by atoms with Gasteiger partial charge in [-0.3, -0.25) is 4.79 Å². The molecule has 0 saturated heterocycles. The number of carbonyl (C=O) groups excluding carboxylic acids is 1. The van der Waals surface area contributed by atoms with Gasteiger partial charge >= 0.3 is 0 Å². The molecule has 1 aromatic rings. The van der Waals surface area contributed by atoms with Crippen LogP contribution in [0.15, 0.2) is 6.20 Å². The number of aliphatic hydroxyl groups is 1. The molecule has 2 N–H and O–H groups in total. The topological polar surface area (TPSA) is 62.2 Å². The Morgan fingerprint density at radius 2 is 2.39 bits per heavy atom. The van der Waals surface area contributed by atoms with E-state index in [0.717, 1.165) is 24.1 Å². The van der Waals surface area contributed by atoms with Crippen molar-refractivity contribution in [1.82, 2.24) is 4.98 Å². The highest BCUT2D eigenvalue weighted by Gasteiger charge is 2.05. The number of thiazole rings is 1. The van der Waals surface area contributed by atoms with Crippen molar-refractivity contribution in [2.24, 2.45) is 0 Å². The fourth-order valence-corrected chi connectivity index (χ4v) is 2.02. The molecule has 0 saturated carbocycles. The highest BCUT2D eigenvalue weighted by molar-refractivity contribution is 7.16. The molecule has 0 atom stereocenters. The van der Waals surface area contributed by atoms with Crippen molar-refractivity contribution in [1.29, 1.82) is 0 Å². The van der Waals surface area contributed by atoms with Crippen molar-refractivity contribution in [2.75, 3.05) is 11.9 Å². The summed E-state index contributed by atoms with van der Waals surface area (Å²) in [5.41, 5.74) is 0. The first kappa shape index (κ1) is 14.7. The molecule has 5 heteroatoms. The predicted octanol–water partition coefficient (Wildman–Crippen LogP) is 2.40. The van der Waals surface area contributed by atoms with E-state index in [0.29, 0.717) is 18.0 Å². The van der Waals surface area contributed by atoms with Crippen LogP contribution >= 0.6 is 11.3 Å². The monoisotopic (exact) mass is 266 g/mol. The fourth-order valence-electron chi connectivity index (χ4n) is 1.31. The number of carbonyl (C=O) groups is 1. The van der Waals surface area contributed by atoms with Gasteiger partial charge in [0.15, 0.2) is 5.13 Å². The van der Waals surface area contributed by atoms with Crippen LogP contribution in [0.5, 0.6) is 0 Å². The van der Waals surface area contributed by atoms with E-state index in [1.807, 2.05) is 0 Å². The third kappa shape index (κ3) is 5.80. The Kier molecular flexibility index (Phi) is 7.07. The van der Waals surface area contributed by atoms with Crippen LogP contribution in [0, 0.1) is 11.8 Å². The zero-order valence-electron chi connectivity index (χ0n) is 10.5. The summed E-state index contributed by atoms with van der Waals surface area (Å²) in [5, 5.41) is 12.0. The summed E-state index contributed by atoms with van der Waals surface area (Å²) in [5.74, 6) is 5.71. The third-order valence-electron chi connectivity index (χ3n) is 2.21. The van der Waals surface area contributed by atoms with E-state index >= 15 is 0 Å². The molecule has 0 aliphatic carbocycles. The quantitative estimate of drug-likeness (QED) is 0.614. The maximum atomic E-state index is 11.5. The maximum Gasteiger partial charge on any atom is 0.226 e. The number of nitrogens with zero attached hydrogens (tertiary/aromatic N) is 1. The van der Waals surface area contributed by atoms with Gasteiger partial charge in [-0.2, -0.15) is 0 Å². The zero-order chi connectivity index (χ0) is 13.2. The second-order valence-electron chi connectivity index (χ2n) is 3.81. The van der Waals surface area contributed by atoms with E-state index in [1.165, 1.54) is 11.3 Å². The Hall–Kier alpha value is -1.38. The van der Waals surface area contributed by atoms with Gasteiger partial charge in [0.2, 0.25) is 5.91 Å². The lowest BCUT2D eigenvalue weighted by Gasteiger charge is -1.99. The molecule has 0 unspecified atom stereocenters. The molecule has 0 aliphatic heterocycles. The molecule has 1 rings (SSSR count). The number of hydrogen-bond donors (Lipinski definition) is 2. The van der Waals surface area contributed by atoms with Crippen molar-refractivity contribution in [2.45, 2.75) is 39.0 Å². The Bertz CT molecular complexity index is 432. The van der Waals surface area contributed by atoms with E-state index in [9.17, 15) is 4.79 Å². The molecule has 0 aliphatic rings. The van der Waals surface area contributed by atoms with Crippen LogP contribution in [-0.4, -0.2) is 22.6 Å². The molecule has 18 heavy (non-hydrogen) atoms. The predicted molar refractivity (Wildman–Crippen MR) is 73.5 cm³/mol. The van der Waals surface area contributed by atoms with Gasteiger partial charge in [-0.25, -0.2) is 4.98 Å². The molecule has 1 amide bonds. The SMILES string of the molecule is CCCCCC(=O)Nc1ncc(C#CCCO)s1. The van der Waals surface area contributed by atoms with Crippen LogP contribution in [0.25, 0.3) is 0 Å². The summed E-state index contributed by atoms with van der Waals surface area (Å²) >= 11 is 1.35. The van der Waals surface area contributed by atoms with Gasteiger partial charge in [-0.1, -0.05) is 42.9 Å². The van der Waals surface area contributed by atoms with Gasteiger partial charge in [-0.15, -0.1) is 0 Å². The minimum absolute atomic E-state index is 0.00710. The summed E-state index contributed by atoms with van der Waals surface area (Å²) in [4.78, 5) is 16.4. The van der Waals surface area contributed by atoms with Gasteiger partial charge in [0.25, 0.3) is 0 Å². The Morgan fingerprint density at radius 1 is 1.56 bits per heavy atom. The first-order valence-electron chi connectivity index (χ1n) is 6.11. The summed E-state index contributed by atoms with van der Waals surface area (Å²) in [6, 6.07) is 0. The second-order valence-corrected chi connectivity index (χ2v) is 4.84. The number of nitrogens with one attached hydrogen (secondary N) is 1. The average Bonchev–Trinajstić information content (AvgIpc) is 2.77. The lowest BCUT2D eigenvalue weighted by molar-refractivity contribution is -0.116. The van der Waals surface area contributed by atoms with Crippen molar-refractivity contribution in [3.05, 3.63) is 11.1 Å². The Labute approximate surface area is 111 Å². The standard InChI is InChI=1S/C13H18N2O2S/c1-2-3-4-8-12(17)15-13-14-10-11(18-13)7-5-6-9-16/h10,16H,2-4,6,8-9H2,1H3,(H,14,15,17). The number of hydrogen-bond acceptors (Lipinski definition) is 4. The van der Waals surface area contributed by atoms with Gasteiger partial charge in [-0.05, 0) is 6.42 Å². The van der Waals surface area contributed by atoms with E-state index in [-0.39, 0.29) is 12.5 Å². The van der Waals surface area contributed by atoms with Gasteiger partial charge in [0.05, 0.1) is 17.7 Å². The van der Waals surface area contributed by atoms with Crippen molar-refractivity contribution in [3.8, 4) is 11.8 Å². The van der Waals surface area contributed by atoms with Crippen molar-refractivity contribution >= 4 is 22.4 Å². The van der Waals surface area contributed by atoms with Crippen molar-refractivity contribution < 1.29 is 9.90 Å². The minimum atomic E-state index is 0.00710. The van der Waals surface area contributed by atoms with Gasteiger partial charge < -0.3 is 10.4 Å². The Balaban J connectivity index is 2.39. The normalized spacial score (nSPS) is 9.67. The van der Waals surface area contributed by atoms with Gasteiger partial charge in [0.1, 0.15) is 0 Å². The first-order valence-corrected chi connectivity index (χ1v) is 6.93. The molecule has 0 bridgehead atoms. The number of amides is 1. The summed E-state index contributed by atoms with van der Waals surface area (Å²) in [7, 11) is 0. The summed E-state index contributed by atoms with van der Waals surface area (Å²) in [6.45, 7) is 2.17. The van der Waals surface area contributed by atoms with E-state index < -0.39 is 0 Å². The van der Waals surface area contributed by atoms with Gasteiger partial charge in [0, 0.05) is 12.8 Å². The van der Waals surface area contributed by atoms with E-state index in [2.05, 4.69) is 29.1 Å². The van der Waals surface area contributed by atoms with Crippen LogP contribution in [0.2, 0.25) is 0 Å². The number of aliphatic hydroxyl groups excluding tert-OH is 1. The van der Waals surface area contributed by atoms with E-state index in [4.69, 9.17) is 5.11 Å². The fraction of sp³-hybridized carbons (Fsp3) is 0.538. The molecule has 1 aromatic heterocycles. The maximum absolute atomic E-state index is 11.5. The first-order chi connectivity index (χ1) is 8.76. The number of aromatic nitrogens is 1. The number of rotatable bonds is 6. The highest BCUT2D eigenvalue weighted by Crippen LogP contribution is 2.17. The third-order valence-corrected chi connectivity index (χ3v) is 3.04. The molecular weight excluding hydrogens is 248 g/mol. The molecule has 98 valence electrons. The highest BCUT2D eigenvalue weighted by atomic mass is 32.1. The molecule has 0 fully saturated rings. The van der Waals surface area contributed by atoms with Crippen LogP contribution in [0.4, 0.5) is 5.13 Å². The number of unbranched alkanes of at least 4 members (excludes halogenated alkanes) is 2. The van der Waals surface area contributed by atoms with Crippen LogP contribution in [0.3, 0.4) is 0 Å². The lowest BCUT2D eigenvalue weighted by atomic mass is 10.2. The zero-order valence-corrected chi connectivity index (χ0v) is 11.3. The molecule has 0 radical (unpaired) electrons. The molecule has 4 nitrogen and oxygen atoms in total. The number of anilines is 1. The van der Waals surface area contributed by atoms with Crippen LogP contribution < -0.4 is 5.32 Å². The Morgan fingerprint density at radius 3 is 3.11 bits per heavy atom. The average molecular weight is 266 g/mol. The summed E-state index contributed by atoms with van der Waals surface area (Å²) in [6.07, 6.45) is 5.72. The van der Waals surface area contributed by atoms with E-state index in [1.54, 1.807) is 6.20 Å². The molecule has 0 aromatic carbocycles. The molecule has 1 heterocycles. The molecular formula is C13H18N2O2S. The van der Waals surface area contributed by atoms with Crippen LogP contribution in [-0.2, 0) is 4.79 Å². The smallest absolute Gasteiger partial charge is 0.226 e. The molecule has 0 spiro atoms. The largest absolute Gasteiger partial charge is 0.395 e. The van der Waals surface area contributed by atoms with Crippen LogP contribution in [0.1, 0.15) is 43.9 Å².